The van der Waals surface area contributed by atoms with Crippen LogP contribution in [-0.2, 0) is 6.42 Å². The summed E-state index contributed by atoms with van der Waals surface area (Å²) in [5, 5.41) is 8.24. The number of fused-ring (bicyclic) bond motifs is 1. The summed E-state index contributed by atoms with van der Waals surface area (Å²) in [7, 11) is 0. The predicted molar refractivity (Wildman–Crippen MR) is 85.5 cm³/mol. The van der Waals surface area contributed by atoms with Crippen molar-refractivity contribution < 1.29 is 0 Å². The monoisotopic (exact) mass is 291 g/mol. The fraction of sp³-hybridized carbons (Fsp3) is 0.500. The van der Waals surface area contributed by atoms with Gasteiger partial charge in [0.05, 0.1) is 0 Å². The zero-order valence-electron chi connectivity index (χ0n) is 11.6. The van der Waals surface area contributed by atoms with Gasteiger partial charge in [-0.25, -0.2) is 0 Å². The largest absolute Gasteiger partial charge is 0.309 e. The Labute approximate surface area is 123 Å². The molecule has 1 nitrogen and oxygen atoms in total. The smallest absolute Gasteiger partial charge is 0.0487 e. The molecule has 0 amide bonds. The number of nitrogens with one attached hydrogen (secondary N) is 1. The SMILES string of the molecule is CCNC(c1sccc1C)C1CCCc2sccc21. The Hall–Kier alpha value is -0.640. The number of likely N-dealkylation sites (N-methyl/N-ethyl adjacent to an activating group) is 1. The molecular formula is C16H21NS2. The third-order valence-corrected chi connectivity index (χ3v) is 6.21. The average molecular weight is 291 g/mol. The molecule has 2 heterocycles. The number of rotatable bonds is 4. The van der Waals surface area contributed by atoms with E-state index in [1.807, 2.05) is 22.7 Å². The summed E-state index contributed by atoms with van der Waals surface area (Å²) in [4.78, 5) is 3.15. The number of aryl methyl sites for hydroxylation is 2. The molecule has 3 rings (SSSR count). The molecule has 0 aliphatic heterocycles. The van der Waals surface area contributed by atoms with Crippen LogP contribution in [0.4, 0.5) is 0 Å². The maximum atomic E-state index is 3.74. The van der Waals surface area contributed by atoms with Crippen molar-refractivity contribution in [3.05, 3.63) is 43.8 Å². The lowest BCUT2D eigenvalue weighted by molar-refractivity contribution is 0.415. The van der Waals surface area contributed by atoms with Gasteiger partial charge in [0, 0.05) is 21.7 Å². The van der Waals surface area contributed by atoms with Gasteiger partial charge in [0.2, 0.25) is 0 Å². The van der Waals surface area contributed by atoms with Crippen LogP contribution in [0.5, 0.6) is 0 Å². The third-order valence-electron chi connectivity index (χ3n) is 4.11. The minimum Gasteiger partial charge on any atom is -0.309 e. The molecule has 1 N–H and O–H groups in total. The van der Waals surface area contributed by atoms with Gasteiger partial charge in [0.25, 0.3) is 0 Å². The highest BCUT2D eigenvalue weighted by molar-refractivity contribution is 7.10. The summed E-state index contributed by atoms with van der Waals surface area (Å²) in [6, 6.07) is 5.11. The Morgan fingerprint density at radius 3 is 2.89 bits per heavy atom. The van der Waals surface area contributed by atoms with Crippen molar-refractivity contribution in [3.8, 4) is 0 Å². The average Bonchev–Trinajstić information content (AvgIpc) is 3.04. The molecule has 1 aliphatic rings. The highest BCUT2D eigenvalue weighted by Crippen LogP contribution is 2.44. The van der Waals surface area contributed by atoms with Crippen molar-refractivity contribution >= 4 is 22.7 Å². The second kappa shape index (κ2) is 5.78. The van der Waals surface area contributed by atoms with Crippen molar-refractivity contribution in [1.29, 1.82) is 0 Å². The fourth-order valence-electron chi connectivity index (χ4n) is 3.21. The van der Waals surface area contributed by atoms with E-state index in [9.17, 15) is 0 Å². The summed E-state index contributed by atoms with van der Waals surface area (Å²) in [6.45, 7) is 5.50. The summed E-state index contributed by atoms with van der Waals surface area (Å²) >= 11 is 3.85. The van der Waals surface area contributed by atoms with E-state index in [4.69, 9.17) is 0 Å². The fourth-order valence-corrected chi connectivity index (χ4v) is 5.27. The van der Waals surface area contributed by atoms with Gasteiger partial charge in [0.1, 0.15) is 0 Å². The van der Waals surface area contributed by atoms with Crippen molar-refractivity contribution in [1.82, 2.24) is 5.32 Å². The van der Waals surface area contributed by atoms with Crippen molar-refractivity contribution in [2.75, 3.05) is 6.54 Å². The molecule has 0 saturated carbocycles. The van der Waals surface area contributed by atoms with E-state index in [1.165, 1.54) is 29.7 Å². The van der Waals surface area contributed by atoms with Gasteiger partial charge in [-0.05, 0) is 66.8 Å². The van der Waals surface area contributed by atoms with E-state index in [2.05, 4.69) is 42.1 Å². The molecule has 2 atom stereocenters. The number of hydrogen-bond acceptors (Lipinski definition) is 3. The van der Waals surface area contributed by atoms with Crippen molar-refractivity contribution in [3.63, 3.8) is 0 Å². The van der Waals surface area contributed by atoms with Crippen LogP contribution in [0.15, 0.2) is 22.9 Å². The molecule has 0 fully saturated rings. The van der Waals surface area contributed by atoms with Crippen LogP contribution in [0, 0.1) is 6.92 Å². The van der Waals surface area contributed by atoms with Crippen LogP contribution in [0.2, 0.25) is 0 Å². The first-order chi connectivity index (χ1) is 9.31. The molecule has 0 aromatic carbocycles. The lowest BCUT2D eigenvalue weighted by Gasteiger charge is -2.31. The quantitative estimate of drug-likeness (QED) is 0.846. The predicted octanol–water partition coefficient (Wildman–Crippen LogP) is 4.89. The molecule has 19 heavy (non-hydrogen) atoms. The third kappa shape index (κ3) is 2.51. The first-order valence-electron chi connectivity index (χ1n) is 7.15. The molecule has 0 spiro atoms. The highest BCUT2D eigenvalue weighted by Gasteiger charge is 2.30. The summed E-state index contributed by atoms with van der Waals surface area (Å²) < 4.78 is 0. The summed E-state index contributed by atoms with van der Waals surface area (Å²) in [5.74, 6) is 0.660. The minimum atomic E-state index is 0.499. The molecule has 0 saturated heterocycles. The van der Waals surface area contributed by atoms with Gasteiger partial charge < -0.3 is 5.32 Å². The number of hydrogen-bond donors (Lipinski definition) is 1. The summed E-state index contributed by atoms with van der Waals surface area (Å²) in [5.41, 5.74) is 3.05. The first-order valence-corrected chi connectivity index (χ1v) is 8.90. The standard InChI is InChI=1S/C16H21NS2/c1-3-17-15(16-11(2)7-9-19-16)13-5-4-6-14-12(13)8-10-18-14/h7-10,13,15,17H,3-6H2,1-2H3. The van der Waals surface area contributed by atoms with Crippen molar-refractivity contribution in [2.24, 2.45) is 0 Å². The number of thiophene rings is 2. The van der Waals surface area contributed by atoms with Gasteiger partial charge >= 0.3 is 0 Å². The molecule has 1 aliphatic carbocycles. The summed E-state index contributed by atoms with van der Waals surface area (Å²) in [6.07, 6.45) is 3.94. The lowest BCUT2D eigenvalue weighted by Crippen LogP contribution is -2.28. The van der Waals surface area contributed by atoms with Crippen LogP contribution in [-0.4, -0.2) is 6.54 Å². The van der Waals surface area contributed by atoms with Crippen LogP contribution < -0.4 is 5.32 Å². The molecule has 2 unspecified atom stereocenters. The van der Waals surface area contributed by atoms with Crippen molar-refractivity contribution in [2.45, 2.75) is 45.1 Å². The van der Waals surface area contributed by atoms with Gasteiger partial charge in [-0.15, -0.1) is 22.7 Å². The molecular weight excluding hydrogens is 270 g/mol. The van der Waals surface area contributed by atoms with E-state index in [0.29, 0.717) is 12.0 Å². The topological polar surface area (TPSA) is 12.0 Å². The van der Waals surface area contributed by atoms with Gasteiger partial charge in [-0.3, -0.25) is 0 Å². The molecule has 3 heteroatoms. The van der Waals surface area contributed by atoms with E-state index in [-0.39, 0.29) is 0 Å². The van der Waals surface area contributed by atoms with Gasteiger partial charge in [-0.1, -0.05) is 6.92 Å². The second-order valence-electron chi connectivity index (χ2n) is 5.30. The lowest BCUT2D eigenvalue weighted by atomic mass is 9.81. The molecule has 0 bridgehead atoms. The zero-order chi connectivity index (χ0) is 13.2. The van der Waals surface area contributed by atoms with E-state index in [0.717, 1.165) is 6.54 Å². The van der Waals surface area contributed by atoms with Crippen LogP contribution >= 0.6 is 22.7 Å². The van der Waals surface area contributed by atoms with Crippen LogP contribution in [0.25, 0.3) is 0 Å². The van der Waals surface area contributed by atoms with Gasteiger partial charge in [-0.2, -0.15) is 0 Å². The maximum Gasteiger partial charge on any atom is 0.0487 e. The Balaban J connectivity index is 1.96. The molecule has 2 aromatic rings. The first kappa shape index (κ1) is 13.3. The molecule has 2 aromatic heterocycles. The van der Waals surface area contributed by atoms with E-state index < -0.39 is 0 Å². The Morgan fingerprint density at radius 1 is 1.32 bits per heavy atom. The van der Waals surface area contributed by atoms with Crippen LogP contribution in [0.3, 0.4) is 0 Å². The molecule has 0 radical (unpaired) electrons. The maximum absolute atomic E-state index is 3.74. The minimum absolute atomic E-state index is 0.499. The Bertz CT molecular complexity index is 540. The molecule has 102 valence electrons. The highest BCUT2D eigenvalue weighted by atomic mass is 32.1. The zero-order valence-corrected chi connectivity index (χ0v) is 13.2. The van der Waals surface area contributed by atoms with E-state index >= 15 is 0 Å². The Kier molecular flexibility index (Phi) is 4.06. The van der Waals surface area contributed by atoms with E-state index in [1.54, 1.807) is 10.4 Å². The van der Waals surface area contributed by atoms with Gasteiger partial charge in [0.15, 0.2) is 0 Å². The second-order valence-corrected chi connectivity index (χ2v) is 7.25. The normalized spacial score (nSPS) is 20.2. The van der Waals surface area contributed by atoms with Crippen LogP contribution in [0.1, 0.15) is 52.6 Å². The Morgan fingerprint density at radius 2 is 2.16 bits per heavy atom.